The van der Waals surface area contributed by atoms with E-state index in [1.165, 1.54) is 5.56 Å². The van der Waals surface area contributed by atoms with Crippen molar-refractivity contribution >= 4 is 18.3 Å². The van der Waals surface area contributed by atoms with Gasteiger partial charge in [0.25, 0.3) is 0 Å². The summed E-state index contributed by atoms with van der Waals surface area (Å²) < 4.78 is 6.21. The van der Waals surface area contributed by atoms with Crippen molar-refractivity contribution < 1.29 is 9.53 Å². The predicted molar refractivity (Wildman–Crippen MR) is 116 cm³/mol. The summed E-state index contributed by atoms with van der Waals surface area (Å²) >= 11 is 0. The topological polar surface area (TPSA) is 55.6 Å². The molecule has 1 aliphatic heterocycles. The summed E-state index contributed by atoms with van der Waals surface area (Å²) in [7, 11) is 0. The molecule has 1 amide bonds. The van der Waals surface area contributed by atoms with Crippen molar-refractivity contribution in [2.45, 2.75) is 45.8 Å². The molecule has 2 atom stereocenters. The van der Waals surface area contributed by atoms with E-state index in [1.54, 1.807) is 0 Å². The zero-order chi connectivity index (χ0) is 19.4. The number of nitrogens with two attached hydrogens (primary N) is 1. The molecule has 0 aromatic heterocycles. The van der Waals surface area contributed by atoms with Crippen LogP contribution in [0.25, 0.3) is 0 Å². The largest absolute Gasteiger partial charge is 0.490 e. The van der Waals surface area contributed by atoms with Gasteiger partial charge in [0.05, 0.1) is 5.92 Å². The van der Waals surface area contributed by atoms with Gasteiger partial charge in [-0.2, -0.15) is 0 Å². The van der Waals surface area contributed by atoms with Crippen LogP contribution in [-0.4, -0.2) is 30.0 Å². The van der Waals surface area contributed by atoms with Gasteiger partial charge in [0.2, 0.25) is 5.91 Å². The van der Waals surface area contributed by atoms with E-state index in [4.69, 9.17) is 10.5 Å². The first-order valence-electron chi connectivity index (χ1n) is 9.79. The van der Waals surface area contributed by atoms with Crippen LogP contribution in [0, 0.1) is 19.8 Å². The fourth-order valence-electron chi connectivity index (χ4n) is 3.61. The van der Waals surface area contributed by atoms with Crippen molar-refractivity contribution in [1.29, 1.82) is 0 Å². The molecule has 2 N–H and O–H groups in total. The Morgan fingerprint density at radius 1 is 1.11 bits per heavy atom. The van der Waals surface area contributed by atoms with Crippen LogP contribution in [0.1, 0.15) is 42.5 Å². The third-order valence-electron chi connectivity index (χ3n) is 5.50. The van der Waals surface area contributed by atoms with E-state index in [0.29, 0.717) is 0 Å². The standard InChI is InChI=1S/C23H30N2O2.ClH/c1-16-9-10-17(2)21(15-16)27-20-11-13-25(14-12-20)23(26)18(3)22(24)19-7-5-4-6-8-19;/h4-10,15,18,20,22H,11-14,24H2,1-3H3;1H. The Morgan fingerprint density at radius 2 is 1.75 bits per heavy atom. The Morgan fingerprint density at radius 3 is 2.39 bits per heavy atom. The predicted octanol–water partition coefficient (Wildman–Crippen LogP) is 4.43. The van der Waals surface area contributed by atoms with Crippen molar-refractivity contribution in [3.63, 3.8) is 0 Å². The number of halogens is 1. The van der Waals surface area contributed by atoms with Crippen molar-refractivity contribution in [3.8, 4) is 5.75 Å². The van der Waals surface area contributed by atoms with Gasteiger partial charge in [0.15, 0.2) is 0 Å². The molecule has 1 fully saturated rings. The van der Waals surface area contributed by atoms with Crippen molar-refractivity contribution in [3.05, 3.63) is 65.2 Å². The van der Waals surface area contributed by atoms with Gasteiger partial charge >= 0.3 is 0 Å². The second kappa shape index (κ2) is 9.94. The number of amides is 1. The zero-order valence-corrected chi connectivity index (χ0v) is 17.7. The number of likely N-dealkylation sites (tertiary alicyclic amines) is 1. The monoisotopic (exact) mass is 402 g/mol. The highest BCUT2D eigenvalue weighted by Crippen LogP contribution is 2.26. The van der Waals surface area contributed by atoms with Crippen LogP contribution in [-0.2, 0) is 4.79 Å². The number of benzene rings is 2. The zero-order valence-electron chi connectivity index (χ0n) is 16.9. The molecule has 2 unspecified atom stereocenters. The number of hydrogen-bond acceptors (Lipinski definition) is 3. The molecule has 2 aromatic carbocycles. The first kappa shape index (κ1) is 22.3. The smallest absolute Gasteiger partial charge is 0.227 e. The lowest BCUT2D eigenvalue weighted by Gasteiger charge is -2.35. The highest BCUT2D eigenvalue weighted by Gasteiger charge is 2.30. The number of aryl methyl sites for hydroxylation is 2. The van der Waals surface area contributed by atoms with Gasteiger partial charge in [-0.05, 0) is 36.6 Å². The Balaban J connectivity index is 0.00000280. The van der Waals surface area contributed by atoms with Gasteiger partial charge < -0.3 is 15.4 Å². The first-order chi connectivity index (χ1) is 13.0. The molecule has 0 spiro atoms. The molecule has 1 heterocycles. The highest BCUT2D eigenvalue weighted by atomic mass is 35.5. The molecular formula is C23H31ClN2O2. The van der Waals surface area contributed by atoms with E-state index >= 15 is 0 Å². The second-order valence-electron chi connectivity index (χ2n) is 7.64. The van der Waals surface area contributed by atoms with Gasteiger partial charge in [-0.3, -0.25) is 4.79 Å². The van der Waals surface area contributed by atoms with Crippen LogP contribution in [0.5, 0.6) is 5.75 Å². The molecule has 152 valence electrons. The Hall–Kier alpha value is -2.04. The summed E-state index contributed by atoms with van der Waals surface area (Å²) in [5.74, 6) is 0.861. The van der Waals surface area contributed by atoms with Gasteiger partial charge in [-0.15, -0.1) is 12.4 Å². The van der Waals surface area contributed by atoms with Crippen molar-refractivity contribution in [2.75, 3.05) is 13.1 Å². The minimum atomic E-state index is -0.275. The Bertz CT molecular complexity index is 773. The fourth-order valence-corrected chi connectivity index (χ4v) is 3.61. The van der Waals surface area contributed by atoms with Crippen LogP contribution in [0.3, 0.4) is 0 Å². The Labute approximate surface area is 174 Å². The van der Waals surface area contributed by atoms with Crippen LogP contribution < -0.4 is 10.5 Å². The lowest BCUT2D eigenvalue weighted by atomic mass is 9.93. The molecule has 1 aliphatic rings. The van der Waals surface area contributed by atoms with Crippen LogP contribution in [0.2, 0.25) is 0 Å². The third kappa shape index (κ3) is 5.27. The number of carbonyl (C=O) groups is 1. The van der Waals surface area contributed by atoms with Gasteiger partial charge in [-0.1, -0.05) is 49.4 Å². The maximum absolute atomic E-state index is 12.9. The van der Waals surface area contributed by atoms with Crippen molar-refractivity contribution in [2.24, 2.45) is 11.7 Å². The minimum absolute atomic E-state index is 0. The number of piperidine rings is 1. The first-order valence-corrected chi connectivity index (χ1v) is 9.79. The summed E-state index contributed by atoms with van der Waals surface area (Å²) in [6.07, 6.45) is 1.87. The average Bonchev–Trinajstić information content (AvgIpc) is 2.70. The summed E-state index contributed by atoms with van der Waals surface area (Å²) in [6.45, 7) is 7.52. The van der Waals surface area contributed by atoms with E-state index in [2.05, 4.69) is 32.0 Å². The normalized spacial score (nSPS) is 16.8. The number of ether oxygens (including phenoxy) is 1. The lowest BCUT2D eigenvalue weighted by molar-refractivity contribution is -0.137. The summed E-state index contributed by atoms with van der Waals surface area (Å²) in [6, 6.07) is 15.9. The van der Waals surface area contributed by atoms with Gasteiger partial charge in [0.1, 0.15) is 11.9 Å². The molecule has 1 saturated heterocycles. The molecule has 0 radical (unpaired) electrons. The number of nitrogens with zero attached hydrogens (tertiary/aromatic N) is 1. The summed E-state index contributed by atoms with van der Waals surface area (Å²) in [4.78, 5) is 14.8. The number of rotatable bonds is 5. The van der Waals surface area contributed by atoms with E-state index in [9.17, 15) is 4.79 Å². The molecular weight excluding hydrogens is 372 g/mol. The molecule has 2 aromatic rings. The van der Waals surface area contributed by atoms with E-state index in [1.807, 2.05) is 42.2 Å². The SMILES string of the molecule is Cc1ccc(C)c(OC2CCN(C(=O)C(C)C(N)c3ccccc3)CC2)c1.Cl. The van der Waals surface area contributed by atoms with E-state index in [-0.39, 0.29) is 36.4 Å². The molecule has 3 rings (SSSR count). The summed E-state index contributed by atoms with van der Waals surface area (Å²) in [5, 5.41) is 0. The molecule has 0 bridgehead atoms. The molecule has 0 aliphatic carbocycles. The number of hydrogen-bond donors (Lipinski definition) is 1. The van der Waals surface area contributed by atoms with Crippen LogP contribution in [0.4, 0.5) is 0 Å². The quantitative estimate of drug-likeness (QED) is 0.804. The van der Waals surface area contributed by atoms with Crippen LogP contribution in [0.15, 0.2) is 48.5 Å². The Kier molecular flexibility index (Phi) is 7.90. The molecule has 28 heavy (non-hydrogen) atoms. The fraction of sp³-hybridized carbons (Fsp3) is 0.435. The van der Waals surface area contributed by atoms with E-state index in [0.717, 1.165) is 42.8 Å². The molecule has 5 heteroatoms. The van der Waals surface area contributed by atoms with E-state index < -0.39 is 0 Å². The van der Waals surface area contributed by atoms with Crippen molar-refractivity contribution in [1.82, 2.24) is 4.90 Å². The number of carbonyl (C=O) groups excluding carboxylic acids is 1. The average molecular weight is 403 g/mol. The minimum Gasteiger partial charge on any atom is -0.490 e. The second-order valence-corrected chi connectivity index (χ2v) is 7.64. The van der Waals surface area contributed by atoms with Crippen LogP contribution >= 0.6 is 12.4 Å². The maximum Gasteiger partial charge on any atom is 0.227 e. The summed E-state index contributed by atoms with van der Waals surface area (Å²) in [5.41, 5.74) is 9.70. The third-order valence-corrected chi connectivity index (χ3v) is 5.50. The maximum atomic E-state index is 12.9. The molecule has 0 saturated carbocycles. The molecule has 4 nitrogen and oxygen atoms in total. The van der Waals surface area contributed by atoms with Gasteiger partial charge in [0, 0.05) is 32.0 Å². The highest BCUT2D eigenvalue weighted by molar-refractivity contribution is 5.85. The lowest BCUT2D eigenvalue weighted by Crippen LogP contribution is -2.45. The van der Waals surface area contributed by atoms with Gasteiger partial charge in [-0.25, -0.2) is 0 Å².